The second-order valence-corrected chi connectivity index (χ2v) is 6.12. The Kier molecular flexibility index (Phi) is 4.11. The summed E-state index contributed by atoms with van der Waals surface area (Å²) in [7, 11) is -1.87. The number of rotatable bonds is 5. The van der Waals surface area contributed by atoms with Gasteiger partial charge in [0.1, 0.15) is 4.90 Å². The van der Waals surface area contributed by atoms with E-state index in [1.807, 2.05) is 20.8 Å². The monoisotopic (exact) mass is 257 g/mol. The Morgan fingerprint density at radius 2 is 2.06 bits per heavy atom. The molecule has 0 aliphatic rings. The molecule has 6 heteroatoms. The molecule has 96 valence electrons. The molecule has 2 N–H and O–H groups in total. The second kappa shape index (κ2) is 5.01. The predicted molar refractivity (Wildman–Crippen MR) is 68.5 cm³/mol. The fourth-order valence-corrected chi connectivity index (χ4v) is 2.93. The van der Waals surface area contributed by atoms with Crippen molar-refractivity contribution in [3.63, 3.8) is 0 Å². The van der Waals surface area contributed by atoms with E-state index in [2.05, 4.69) is 15.0 Å². The lowest BCUT2D eigenvalue weighted by Crippen LogP contribution is -2.42. The molecule has 0 saturated heterocycles. The van der Waals surface area contributed by atoms with Gasteiger partial charge in [-0.15, -0.1) is 0 Å². The lowest BCUT2D eigenvalue weighted by molar-refractivity contribution is 0.439. The van der Waals surface area contributed by atoms with Gasteiger partial charge in [-0.1, -0.05) is 6.92 Å². The summed E-state index contributed by atoms with van der Waals surface area (Å²) in [5, 5.41) is 2.85. The molecule has 17 heavy (non-hydrogen) atoms. The lowest BCUT2D eigenvalue weighted by Gasteiger charge is -2.24. The molecule has 0 aliphatic carbocycles. The van der Waals surface area contributed by atoms with Gasteiger partial charge in [-0.2, -0.15) is 0 Å². The Labute approximate surface area is 103 Å². The normalized spacial score (nSPS) is 12.5. The standard InChI is InChI=1S/C11H19N3O2S/c1-5-11(2,3)14-17(15,16)10-8-13-7-6-9(10)12-4/h6-8,14H,5H2,1-4H3,(H,12,13). The van der Waals surface area contributed by atoms with Crippen LogP contribution in [0, 0.1) is 0 Å². The van der Waals surface area contributed by atoms with Crippen LogP contribution in [0.3, 0.4) is 0 Å². The number of hydrogen-bond donors (Lipinski definition) is 2. The van der Waals surface area contributed by atoms with Gasteiger partial charge in [-0.05, 0) is 26.3 Å². The zero-order chi connectivity index (χ0) is 13.1. The minimum absolute atomic E-state index is 0.170. The van der Waals surface area contributed by atoms with Gasteiger partial charge < -0.3 is 5.32 Å². The third-order valence-electron chi connectivity index (χ3n) is 2.64. The first-order valence-corrected chi connectivity index (χ1v) is 6.96. The van der Waals surface area contributed by atoms with Crippen molar-refractivity contribution in [1.82, 2.24) is 9.71 Å². The number of nitrogens with one attached hydrogen (secondary N) is 2. The smallest absolute Gasteiger partial charge is 0.244 e. The number of nitrogens with zero attached hydrogens (tertiary/aromatic N) is 1. The predicted octanol–water partition coefficient (Wildman–Crippen LogP) is 1.59. The maximum atomic E-state index is 12.2. The van der Waals surface area contributed by atoms with Crippen molar-refractivity contribution in [2.45, 2.75) is 37.6 Å². The summed E-state index contributed by atoms with van der Waals surface area (Å²) < 4.78 is 27.1. The Bertz CT molecular complexity index is 483. The van der Waals surface area contributed by atoms with Crippen molar-refractivity contribution in [3.8, 4) is 0 Å². The Balaban J connectivity index is 3.14. The number of anilines is 1. The summed E-state index contributed by atoms with van der Waals surface area (Å²) in [5.41, 5.74) is 0.0686. The average Bonchev–Trinajstić information content (AvgIpc) is 2.28. The third kappa shape index (κ3) is 3.41. The summed E-state index contributed by atoms with van der Waals surface area (Å²) in [4.78, 5) is 4.03. The van der Waals surface area contributed by atoms with Gasteiger partial charge in [0.05, 0.1) is 5.69 Å². The molecule has 0 atom stereocenters. The van der Waals surface area contributed by atoms with E-state index in [0.717, 1.165) is 0 Å². The zero-order valence-electron chi connectivity index (χ0n) is 10.6. The molecule has 0 bridgehead atoms. The van der Waals surface area contributed by atoms with Crippen LogP contribution < -0.4 is 10.0 Å². The maximum Gasteiger partial charge on any atom is 0.244 e. The fraction of sp³-hybridized carbons (Fsp3) is 0.545. The molecule has 0 saturated carbocycles. The molecule has 0 aromatic carbocycles. The molecule has 0 unspecified atom stereocenters. The van der Waals surface area contributed by atoms with Crippen LogP contribution in [0.2, 0.25) is 0 Å². The maximum absolute atomic E-state index is 12.2. The van der Waals surface area contributed by atoms with Crippen molar-refractivity contribution in [2.75, 3.05) is 12.4 Å². The van der Waals surface area contributed by atoms with Crippen molar-refractivity contribution in [1.29, 1.82) is 0 Å². The van der Waals surface area contributed by atoms with Gasteiger partial charge in [0.2, 0.25) is 10.0 Å². The highest BCUT2D eigenvalue weighted by Crippen LogP contribution is 2.21. The topological polar surface area (TPSA) is 71.1 Å². The van der Waals surface area contributed by atoms with E-state index >= 15 is 0 Å². The first-order chi connectivity index (χ1) is 7.82. The first-order valence-electron chi connectivity index (χ1n) is 5.48. The van der Waals surface area contributed by atoms with Crippen LogP contribution in [0.15, 0.2) is 23.4 Å². The summed E-state index contributed by atoms with van der Waals surface area (Å²) in [5.74, 6) is 0. The van der Waals surface area contributed by atoms with Gasteiger partial charge in [0.25, 0.3) is 0 Å². The molecule has 1 aromatic heterocycles. The first kappa shape index (κ1) is 13.9. The second-order valence-electron chi connectivity index (χ2n) is 4.46. The Morgan fingerprint density at radius 1 is 1.41 bits per heavy atom. The minimum Gasteiger partial charge on any atom is -0.387 e. The number of pyridine rings is 1. The Morgan fingerprint density at radius 3 is 2.59 bits per heavy atom. The van der Waals surface area contributed by atoms with Gasteiger partial charge in [-0.25, -0.2) is 13.1 Å². The molecule has 5 nitrogen and oxygen atoms in total. The van der Waals surface area contributed by atoms with E-state index in [1.54, 1.807) is 19.3 Å². The fourth-order valence-electron chi connectivity index (χ4n) is 1.29. The van der Waals surface area contributed by atoms with Crippen molar-refractivity contribution in [3.05, 3.63) is 18.5 Å². The van der Waals surface area contributed by atoms with Crippen LogP contribution in [0.4, 0.5) is 5.69 Å². The van der Waals surface area contributed by atoms with E-state index in [0.29, 0.717) is 12.1 Å². The SMILES string of the molecule is CCC(C)(C)NS(=O)(=O)c1cnccc1NC. The van der Waals surface area contributed by atoms with E-state index in [4.69, 9.17) is 0 Å². The molecule has 1 aromatic rings. The van der Waals surface area contributed by atoms with Gasteiger partial charge >= 0.3 is 0 Å². The van der Waals surface area contributed by atoms with Crippen LogP contribution in [0.25, 0.3) is 0 Å². The number of aromatic nitrogens is 1. The average molecular weight is 257 g/mol. The third-order valence-corrected chi connectivity index (χ3v) is 4.36. The highest BCUT2D eigenvalue weighted by molar-refractivity contribution is 7.89. The highest BCUT2D eigenvalue weighted by Gasteiger charge is 2.26. The van der Waals surface area contributed by atoms with Gasteiger partial charge in [0, 0.05) is 25.0 Å². The highest BCUT2D eigenvalue weighted by atomic mass is 32.2. The van der Waals surface area contributed by atoms with Crippen LogP contribution in [0.5, 0.6) is 0 Å². The van der Waals surface area contributed by atoms with Gasteiger partial charge in [-0.3, -0.25) is 4.98 Å². The van der Waals surface area contributed by atoms with E-state index in [9.17, 15) is 8.42 Å². The summed E-state index contributed by atoms with van der Waals surface area (Å²) in [6, 6.07) is 1.63. The molecule has 1 rings (SSSR count). The van der Waals surface area contributed by atoms with Crippen molar-refractivity contribution in [2.24, 2.45) is 0 Å². The lowest BCUT2D eigenvalue weighted by atomic mass is 10.0. The molecular formula is C11H19N3O2S. The molecule has 0 fully saturated rings. The molecule has 0 aliphatic heterocycles. The minimum atomic E-state index is -3.55. The summed E-state index contributed by atoms with van der Waals surface area (Å²) >= 11 is 0. The van der Waals surface area contributed by atoms with Crippen molar-refractivity contribution >= 4 is 15.7 Å². The van der Waals surface area contributed by atoms with Crippen LogP contribution in [-0.4, -0.2) is 26.0 Å². The Hall–Kier alpha value is -1.14. The largest absolute Gasteiger partial charge is 0.387 e. The van der Waals surface area contributed by atoms with Crippen LogP contribution in [0.1, 0.15) is 27.2 Å². The number of sulfonamides is 1. The van der Waals surface area contributed by atoms with E-state index in [-0.39, 0.29) is 4.90 Å². The summed E-state index contributed by atoms with van der Waals surface area (Å²) in [6.07, 6.45) is 3.61. The van der Waals surface area contributed by atoms with Crippen LogP contribution >= 0.6 is 0 Å². The van der Waals surface area contributed by atoms with Crippen LogP contribution in [-0.2, 0) is 10.0 Å². The molecular weight excluding hydrogens is 238 g/mol. The molecule has 0 radical (unpaired) electrons. The van der Waals surface area contributed by atoms with Crippen molar-refractivity contribution < 1.29 is 8.42 Å². The molecule has 0 amide bonds. The zero-order valence-corrected chi connectivity index (χ0v) is 11.4. The van der Waals surface area contributed by atoms with Gasteiger partial charge in [0.15, 0.2) is 0 Å². The van der Waals surface area contributed by atoms with E-state index < -0.39 is 15.6 Å². The molecule has 1 heterocycles. The number of hydrogen-bond acceptors (Lipinski definition) is 4. The molecule has 0 spiro atoms. The quantitative estimate of drug-likeness (QED) is 0.840. The van der Waals surface area contributed by atoms with E-state index in [1.165, 1.54) is 6.20 Å². The summed E-state index contributed by atoms with van der Waals surface area (Å²) in [6.45, 7) is 5.63.